The van der Waals surface area contributed by atoms with Gasteiger partial charge < -0.3 is 37.1 Å². The van der Waals surface area contributed by atoms with Crippen LogP contribution in [0.3, 0.4) is 0 Å². The van der Waals surface area contributed by atoms with Crippen molar-refractivity contribution in [3.8, 4) is 0 Å². The number of aryl methyl sites for hydroxylation is 2. The standard InChI is InChI=1S/C16H19.C5H5.5CH3.Hf/c1-3-11(2)15-8-7-14-9-12-5-4-6-13(12)10-16(14)15;1-2-4-5-3-1;;;;;;/h7-11H,3-6H2,1-2H3;1-5H;5*1H3;/q7*-1;. The fourth-order valence-electron chi connectivity index (χ4n) is 3.27. The van der Waals surface area contributed by atoms with Gasteiger partial charge in [-0.2, -0.15) is 24.3 Å². The van der Waals surface area contributed by atoms with E-state index in [9.17, 15) is 0 Å². The van der Waals surface area contributed by atoms with Crippen LogP contribution in [0.25, 0.3) is 10.8 Å². The van der Waals surface area contributed by atoms with Gasteiger partial charge >= 0.3 is 0 Å². The van der Waals surface area contributed by atoms with Crippen molar-refractivity contribution in [2.24, 2.45) is 0 Å². The van der Waals surface area contributed by atoms with Gasteiger partial charge in [-0.15, -0.1) is 34.5 Å². The summed E-state index contributed by atoms with van der Waals surface area (Å²) < 4.78 is 0. The molecule has 4 rings (SSSR count). The smallest absolute Gasteiger partial charge is 0 e. The van der Waals surface area contributed by atoms with E-state index in [1.54, 1.807) is 16.7 Å². The number of hydrogen-bond donors (Lipinski definition) is 0. The van der Waals surface area contributed by atoms with Gasteiger partial charge in [-0.1, -0.05) is 37.3 Å². The minimum atomic E-state index is 0. The van der Waals surface area contributed by atoms with E-state index in [4.69, 9.17) is 0 Å². The molecular formula is C26H39Hf-7. The molecule has 0 radical (unpaired) electrons. The van der Waals surface area contributed by atoms with E-state index >= 15 is 0 Å². The van der Waals surface area contributed by atoms with Crippen LogP contribution in [0.1, 0.15) is 49.3 Å². The van der Waals surface area contributed by atoms with Crippen LogP contribution in [-0.2, 0) is 38.7 Å². The Morgan fingerprint density at radius 1 is 0.963 bits per heavy atom. The number of hydrogen-bond acceptors (Lipinski definition) is 0. The summed E-state index contributed by atoms with van der Waals surface area (Å²) >= 11 is 0. The molecule has 1 aliphatic rings. The summed E-state index contributed by atoms with van der Waals surface area (Å²) in [4.78, 5) is 0. The summed E-state index contributed by atoms with van der Waals surface area (Å²) in [5, 5.41) is 2.96. The van der Waals surface area contributed by atoms with Crippen molar-refractivity contribution in [3.63, 3.8) is 0 Å². The molecule has 3 aromatic rings. The van der Waals surface area contributed by atoms with Gasteiger partial charge in [0.1, 0.15) is 0 Å². The van der Waals surface area contributed by atoms with Gasteiger partial charge in [0.05, 0.1) is 0 Å². The zero-order valence-corrected chi connectivity index (χ0v) is 22.2. The molecule has 0 heterocycles. The number of fused-ring (bicyclic) bond motifs is 2. The third-order valence-corrected chi connectivity index (χ3v) is 4.72. The molecule has 0 amide bonds. The Bertz CT molecular complexity index is 671. The molecule has 27 heavy (non-hydrogen) atoms. The fraction of sp³-hybridized carbons (Fsp3) is 0.269. The zero-order chi connectivity index (χ0) is 14.7. The van der Waals surface area contributed by atoms with Crippen LogP contribution < -0.4 is 0 Å². The van der Waals surface area contributed by atoms with Crippen molar-refractivity contribution in [1.29, 1.82) is 0 Å². The van der Waals surface area contributed by atoms with Gasteiger partial charge in [-0.05, 0) is 19.3 Å². The fourth-order valence-corrected chi connectivity index (χ4v) is 3.27. The van der Waals surface area contributed by atoms with Crippen LogP contribution in [0.15, 0.2) is 54.6 Å². The minimum Gasteiger partial charge on any atom is -0.358 e. The second-order valence-corrected chi connectivity index (χ2v) is 6.12. The van der Waals surface area contributed by atoms with Crippen LogP contribution in [0, 0.1) is 37.1 Å². The van der Waals surface area contributed by atoms with Gasteiger partial charge in [0, 0.05) is 25.8 Å². The molecule has 0 aromatic heterocycles. The van der Waals surface area contributed by atoms with Crippen LogP contribution in [-0.4, -0.2) is 0 Å². The minimum absolute atomic E-state index is 0. The first-order chi connectivity index (χ1) is 10.3. The maximum atomic E-state index is 2.46. The van der Waals surface area contributed by atoms with Crippen LogP contribution in [0.4, 0.5) is 0 Å². The molecule has 1 unspecified atom stereocenters. The predicted octanol–water partition coefficient (Wildman–Crippen LogP) is 8.22. The zero-order valence-electron chi connectivity index (χ0n) is 18.6. The van der Waals surface area contributed by atoms with E-state index < -0.39 is 0 Å². The first-order valence-electron chi connectivity index (χ1n) is 8.17. The van der Waals surface area contributed by atoms with Crippen molar-refractivity contribution in [1.82, 2.24) is 0 Å². The Morgan fingerprint density at radius 3 is 2.00 bits per heavy atom. The molecule has 1 heteroatoms. The van der Waals surface area contributed by atoms with E-state index in [2.05, 4.69) is 38.1 Å². The molecular weight excluding hydrogens is 491 g/mol. The third kappa shape index (κ3) is 7.90. The Kier molecular flexibility index (Phi) is 20.0. The average molecular weight is 530 g/mol. The molecule has 0 fully saturated rings. The Hall–Kier alpha value is -0.950. The largest absolute Gasteiger partial charge is 0.358 e. The molecule has 154 valence electrons. The first-order valence-corrected chi connectivity index (χ1v) is 8.17. The molecule has 0 saturated heterocycles. The molecule has 3 aromatic carbocycles. The maximum Gasteiger partial charge on any atom is 0 e. The summed E-state index contributed by atoms with van der Waals surface area (Å²) in [5.41, 5.74) is 4.74. The van der Waals surface area contributed by atoms with E-state index in [-0.39, 0.29) is 63.0 Å². The van der Waals surface area contributed by atoms with Crippen LogP contribution in [0.5, 0.6) is 0 Å². The molecule has 0 nitrogen and oxygen atoms in total. The maximum absolute atomic E-state index is 2.46. The Morgan fingerprint density at radius 2 is 1.52 bits per heavy atom. The molecule has 0 aliphatic heterocycles. The summed E-state index contributed by atoms with van der Waals surface area (Å²) in [7, 11) is 0. The van der Waals surface area contributed by atoms with Gasteiger partial charge in [-0.25, -0.2) is 12.1 Å². The monoisotopic (exact) mass is 531 g/mol. The topological polar surface area (TPSA) is 0 Å². The van der Waals surface area contributed by atoms with Crippen molar-refractivity contribution < 1.29 is 25.8 Å². The SMILES string of the molecule is CCC(C)[c-]1ccc2cc3c(cc21)CCC3.[CH3-].[CH3-].[CH3-].[CH3-].[CH3-].[Hf].c1cc[cH-]c1. The third-order valence-electron chi connectivity index (χ3n) is 4.72. The van der Waals surface area contributed by atoms with Crippen molar-refractivity contribution in [2.75, 3.05) is 0 Å². The van der Waals surface area contributed by atoms with Crippen molar-refractivity contribution >= 4 is 10.8 Å². The van der Waals surface area contributed by atoms with E-state index in [1.807, 2.05) is 30.3 Å². The molecule has 0 saturated carbocycles. The second kappa shape index (κ2) is 16.0. The second-order valence-electron chi connectivity index (χ2n) is 6.12. The Labute approximate surface area is 189 Å². The first kappa shape index (κ1) is 33.6. The molecule has 0 spiro atoms. The summed E-state index contributed by atoms with van der Waals surface area (Å²) in [6.45, 7) is 4.61. The van der Waals surface area contributed by atoms with Crippen molar-refractivity contribution in [3.05, 3.63) is 108 Å². The molecule has 0 N–H and O–H groups in total. The van der Waals surface area contributed by atoms with Crippen molar-refractivity contribution in [2.45, 2.75) is 45.4 Å². The van der Waals surface area contributed by atoms with E-state index in [0.29, 0.717) is 5.92 Å². The van der Waals surface area contributed by atoms with Gasteiger partial charge in [0.15, 0.2) is 0 Å². The molecule has 1 atom stereocenters. The van der Waals surface area contributed by atoms with E-state index in [1.165, 1.54) is 36.5 Å². The Balaban J connectivity index is -0.000000214. The molecule has 0 bridgehead atoms. The van der Waals surface area contributed by atoms with Gasteiger partial charge in [0.2, 0.25) is 0 Å². The quantitative estimate of drug-likeness (QED) is 0.232. The normalized spacial score (nSPS) is 11.3. The van der Waals surface area contributed by atoms with Crippen LogP contribution >= 0.6 is 0 Å². The van der Waals surface area contributed by atoms with Gasteiger partial charge in [0.25, 0.3) is 0 Å². The predicted molar refractivity (Wildman–Crippen MR) is 124 cm³/mol. The van der Waals surface area contributed by atoms with Crippen LogP contribution in [0.2, 0.25) is 0 Å². The van der Waals surface area contributed by atoms with E-state index in [0.717, 1.165) is 0 Å². The average Bonchev–Trinajstić information content (AvgIpc) is 3.24. The van der Waals surface area contributed by atoms with Gasteiger partial charge in [-0.3, -0.25) is 0 Å². The summed E-state index contributed by atoms with van der Waals surface area (Å²) in [6.07, 6.45) is 5.16. The summed E-state index contributed by atoms with van der Waals surface area (Å²) in [5.74, 6) is 0.692. The summed E-state index contributed by atoms with van der Waals surface area (Å²) in [6, 6.07) is 19.5. The molecule has 1 aliphatic carbocycles. The number of benzene rings is 1. The number of rotatable bonds is 2.